The van der Waals surface area contributed by atoms with Crippen LogP contribution in [0, 0.1) is 0 Å². The molecular formula is C35H35BrN4O7. The maximum absolute atomic E-state index is 12.5. The van der Waals surface area contributed by atoms with E-state index in [0.717, 1.165) is 26.4 Å². The number of benzene rings is 4. The highest BCUT2D eigenvalue weighted by Gasteiger charge is 2.32. The molecule has 1 aliphatic heterocycles. The lowest BCUT2D eigenvalue weighted by molar-refractivity contribution is -0.136. The Hall–Kier alpha value is -5.07. The van der Waals surface area contributed by atoms with Crippen LogP contribution in [0.4, 0.5) is 4.79 Å². The van der Waals surface area contributed by atoms with E-state index in [9.17, 15) is 14.7 Å². The monoisotopic (exact) mass is 702 g/mol. The van der Waals surface area contributed by atoms with Gasteiger partial charge in [-0.1, -0.05) is 64.5 Å². The molecule has 4 N–H and O–H groups in total. The third kappa shape index (κ3) is 8.21. The number of nitrogens with zero attached hydrogens (tertiary/aromatic N) is 1. The Morgan fingerprint density at radius 2 is 1.79 bits per heavy atom. The van der Waals surface area contributed by atoms with Crippen molar-refractivity contribution in [1.29, 1.82) is 0 Å². The van der Waals surface area contributed by atoms with Crippen LogP contribution in [-0.2, 0) is 16.1 Å². The number of amides is 2. The molecule has 0 fully saturated rings. The van der Waals surface area contributed by atoms with Gasteiger partial charge < -0.3 is 34.7 Å². The highest BCUT2D eigenvalue weighted by molar-refractivity contribution is 9.10. The summed E-state index contributed by atoms with van der Waals surface area (Å²) in [5.41, 5.74) is 5.74. The van der Waals surface area contributed by atoms with Gasteiger partial charge in [0, 0.05) is 15.7 Å². The van der Waals surface area contributed by atoms with Crippen LogP contribution in [0.5, 0.6) is 17.2 Å². The van der Waals surface area contributed by atoms with E-state index in [1.807, 2.05) is 67.6 Å². The minimum Gasteiger partial charge on any atom is -0.490 e. The van der Waals surface area contributed by atoms with Gasteiger partial charge in [-0.25, -0.2) is 9.59 Å². The number of carbonyl (C=O) groups is 2. The Morgan fingerprint density at radius 1 is 1.02 bits per heavy atom. The fraction of sp³-hybridized carbons (Fsp3) is 0.229. The van der Waals surface area contributed by atoms with Gasteiger partial charge in [0.15, 0.2) is 17.7 Å². The second-order valence-electron chi connectivity index (χ2n) is 10.5. The van der Waals surface area contributed by atoms with Gasteiger partial charge >= 0.3 is 12.0 Å². The van der Waals surface area contributed by atoms with Crippen LogP contribution >= 0.6 is 15.9 Å². The average Bonchev–Trinajstić information content (AvgIpc) is 3.07. The molecule has 47 heavy (non-hydrogen) atoms. The quantitative estimate of drug-likeness (QED) is 0.0602. The summed E-state index contributed by atoms with van der Waals surface area (Å²) < 4.78 is 23.8. The van der Waals surface area contributed by atoms with Crippen molar-refractivity contribution in [3.05, 3.63) is 111 Å². The molecule has 0 unspecified atom stereocenters. The van der Waals surface area contributed by atoms with Gasteiger partial charge in [-0.2, -0.15) is 5.10 Å². The van der Waals surface area contributed by atoms with E-state index in [0.29, 0.717) is 41.7 Å². The molecule has 0 aliphatic carbocycles. The van der Waals surface area contributed by atoms with E-state index >= 15 is 0 Å². The molecule has 0 aromatic heterocycles. The molecule has 2 atom stereocenters. The average molecular weight is 704 g/mol. The first-order valence-electron chi connectivity index (χ1n) is 14.9. The molecule has 0 saturated carbocycles. The highest BCUT2D eigenvalue weighted by Crippen LogP contribution is 2.35. The Labute approximate surface area is 280 Å². The Balaban J connectivity index is 1.28. The maximum atomic E-state index is 12.5. The van der Waals surface area contributed by atoms with Gasteiger partial charge in [0.25, 0.3) is 0 Å². The van der Waals surface area contributed by atoms with Crippen molar-refractivity contribution in [2.45, 2.75) is 32.7 Å². The van der Waals surface area contributed by atoms with Crippen molar-refractivity contribution < 1.29 is 33.6 Å². The predicted molar refractivity (Wildman–Crippen MR) is 181 cm³/mol. The van der Waals surface area contributed by atoms with Crippen molar-refractivity contribution in [2.24, 2.45) is 5.10 Å². The molecule has 5 rings (SSSR count). The normalized spacial score (nSPS) is 15.2. The molecule has 0 bridgehead atoms. The van der Waals surface area contributed by atoms with E-state index < -0.39 is 24.3 Å². The van der Waals surface area contributed by atoms with Gasteiger partial charge in [0.2, 0.25) is 0 Å². The summed E-state index contributed by atoms with van der Waals surface area (Å²) in [6, 6.07) is 23.6. The largest absolute Gasteiger partial charge is 0.490 e. The molecule has 1 heterocycles. The van der Waals surface area contributed by atoms with Crippen molar-refractivity contribution in [3.8, 4) is 17.2 Å². The van der Waals surface area contributed by atoms with Gasteiger partial charge in [-0.15, -0.1) is 0 Å². The number of carbonyl (C=O) groups excluding carboxylic acids is 2. The minimum absolute atomic E-state index is 0.157. The first kappa shape index (κ1) is 33.3. The van der Waals surface area contributed by atoms with E-state index in [1.54, 1.807) is 31.3 Å². The zero-order valence-electron chi connectivity index (χ0n) is 26.1. The zero-order chi connectivity index (χ0) is 33.3. The lowest BCUT2D eigenvalue weighted by Crippen LogP contribution is -2.45. The van der Waals surface area contributed by atoms with E-state index in [1.165, 1.54) is 7.11 Å². The molecule has 244 valence electrons. The van der Waals surface area contributed by atoms with Crippen molar-refractivity contribution in [2.75, 3.05) is 20.3 Å². The van der Waals surface area contributed by atoms with Crippen molar-refractivity contribution in [3.63, 3.8) is 0 Å². The number of urea groups is 1. The summed E-state index contributed by atoms with van der Waals surface area (Å²) in [7, 11) is 1.28. The molecule has 11 nitrogen and oxygen atoms in total. The number of hydrogen-bond acceptors (Lipinski definition) is 9. The molecule has 4 aromatic rings. The van der Waals surface area contributed by atoms with Gasteiger partial charge in [-0.3, -0.25) is 5.43 Å². The van der Waals surface area contributed by atoms with E-state index in [-0.39, 0.29) is 12.2 Å². The molecular weight excluding hydrogens is 668 g/mol. The molecule has 12 heteroatoms. The third-order valence-corrected chi connectivity index (χ3v) is 7.86. The van der Waals surface area contributed by atoms with Crippen LogP contribution in [-0.4, -0.2) is 49.9 Å². The number of halogens is 1. The van der Waals surface area contributed by atoms with Gasteiger partial charge in [0.05, 0.1) is 31.5 Å². The number of hydrogen-bond donors (Lipinski definition) is 4. The number of fused-ring (bicyclic) bond motifs is 1. The number of allylic oxidation sites excluding steroid dienone is 1. The predicted octanol–water partition coefficient (Wildman–Crippen LogP) is 5.70. The Bertz CT molecular complexity index is 1810. The van der Waals surface area contributed by atoms with Crippen LogP contribution in [0.1, 0.15) is 36.6 Å². The fourth-order valence-corrected chi connectivity index (χ4v) is 5.35. The van der Waals surface area contributed by atoms with Crippen LogP contribution < -0.4 is 30.3 Å². The van der Waals surface area contributed by atoms with Crippen LogP contribution in [0.2, 0.25) is 0 Å². The van der Waals surface area contributed by atoms with Crippen LogP contribution in [0.15, 0.2) is 99.7 Å². The lowest BCUT2D eigenvalue weighted by atomic mass is 9.95. The molecule has 4 aromatic carbocycles. The van der Waals surface area contributed by atoms with Crippen LogP contribution in [0.25, 0.3) is 10.8 Å². The number of aliphatic hydroxyl groups excluding tert-OH is 1. The number of ether oxygens (including phenoxy) is 4. The van der Waals surface area contributed by atoms with Crippen LogP contribution in [0.3, 0.4) is 0 Å². The summed E-state index contributed by atoms with van der Waals surface area (Å²) in [5.74, 6) is 0.812. The molecule has 0 saturated heterocycles. The highest BCUT2D eigenvalue weighted by atomic mass is 79.9. The number of esters is 1. The lowest BCUT2D eigenvalue weighted by Gasteiger charge is -2.28. The maximum Gasteiger partial charge on any atom is 0.337 e. The number of hydrazone groups is 1. The van der Waals surface area contributed by atoms with Crippen molar-refractivity contribution >= 4 is 44.9 Å². The van der Waals surface area contributed by atoms with Gasteiger partial charge in [-0.05, 0) is 66.1 Å². The summed E-state index contributed by atoms with van der Waals surface area (Å²) in [6.45, 7) is 4.01. The Kier molecular flexibility index (Phi) is 11.0. The molecule has 2 amide bonds. The fourth-order valence-electron chi connectivity index (χ4n) is 5.09. The van der Waals surface area contributed by atoms with Gasteiger partial charge in [0.1, 0.15) is 19.0 Å². The molecule has 0 spiro atoms. The topological polar surface area (TPSA) is 140 Å². The number of aliphatic hydroxyl groups is 1. The molecule has 1 aliphatic rings. The summed E-state index contributed by atoms with van der Waals surface area (Å²) in [4.78, 5) is 24.7. The first-order chi connectivity index (χ1) is 22.8. The smallest absolute Gasteiger partial charge is 0.337 e. The molecule has 0 radical (unpaired) electrons. The van der Waals surface area contributed by atoms with E-state index in [4.69, 9.17) is 18.9 Å². The number of nitrogens with one attached hydrogen (secondary N) is 3. The third-order valence-electron chi connectivity index (χ3n) is 7.33. The second-order valence-corrected chi connectivity index (χ2v) is 11.4. The first-order valence-corrected chi connectivity index (χ1v) is 15.7. The minimum atomic E-state index is -1.16. The summed E-state index contributed by atoms with van der Waals surface area (Å²) in [5, 5.41) is 22.3. The van der Waals surface area contributed by atoms with E-state index in [2.05, 4.69) is 37.1 Å². The number of rotatable bonds is 13. The standard InChI is InChI=1S/C35H35BrN4O7/c1-4-45-30-17-24(33-32(34(42)44-3)21(2)38-35(43)39-33)12-16-29(30)47-20-31(41)40-37-18-27-26-8-6-5-7-23(26)11-15-28(27)46-19-22-9-13-25(36)14-10-22/h5-18,31,33,40-41H,4,19-20H2,1-3H3,(H2,38,39,43)/b37-18+/t31-,33+/m1/s1. The summed E-state index contributed by atoms with van der Waals surface area (Å²) >= 11 is 3.45. The zero-order valence-corrected chi connectivity index (χ0v) is 27.7. The SMILES string of the molecule is CCOc1cc([C@@H]2NC(=O)NC(C)=C2C(=O)OC)ccc1OC[C@@H](O)N/N=C/c1c(OCc2ccc(Br)cc2)ccc2ccccc12. The number of methoxy groups -OCH3 is 1. The second kappa shape index (κ2) is 15.5. The summed E-state index contributed by atoms with van der Waals surface area (Å²) in [6.07, 6.45) is 0.452. The Morgan fingerprint density at radius 3 is 2.55 bits per heavy atom. The van der Waals surface area contributed by atoms with Crippen molar-refractivity contribution in [1.82, 2.24) is 16.1 Å².